The van der Waals surface area contributed by atoms with Crippen molar-refractivity contribution in [3.63, 3.8) is 0 Å². The summed E-state index contributed by atoms with van der Waals surface area (Å²) in [6.07, 6.45) is -4.44. The maximum absolute atomic E-state index is 12.5. The maximum atomic E-state index is 12.5. The molecule has 0 fully saturated rings. The fourth-order valence-corrected chi connectivity index (χ4v) is 3.14. The average Bonchev–Trinajstić information content (AvgIpc) is 2.81. The van der Waals surface area contributed by atoms with E-state index in [0.29, 0.717) is 10.4 Å². The van der Waals surface area contributed by atoms with Crippen LogP contribution >= 0.6 is 11.3 Å². The molecule has 0 unspecified atom stereocenters. The summed E-state index contributed by atoms with van der Waals surface area (Å²) in [5.74, 6) is -0.522. The smallest absolute Gasteiger partial charge is 0.322 e. The monoisotopic (exact) mass is 352 g/mol. The SMILES string of the molecule is Cn1c(=O)sc2cc(NC(=O)c3ccc(C(F)(F)F)cc3)ccc21. The van der Waals surface area contributed by atoms with Crippen molar-refractivity contribution in [2.24, 2.45) is 7.05 Å². The van der Waals surface area contributed by atoms with Gasteiger partial charge in [0, 0.05) is 18.3 Å². The molecule has 0 atom stereocenters. The molecular formula is C16H11F3N2O2S. The van der Waals surface area contributed by atoms with Gasteiger partial charge >= 0.3 is 11.0 Å². The Morgan fingerprint density at radius 3 is 2.42 bits per heavy atom. The number of aryl methyl sites for hydroxylation is 1. The number of amides is 1. The molecule has 1 amide bonds. The number of halogens is 3. The number of carbonyl (C=O) groups is 1. The highest BCUT2D eigenvalue weighted by Crippen LogP contribution is 2.29. The summed E-state index contributed by atoms with van der Waals surface area (Å²) in [7, 11) is 1.65. The van der Waals surface area contributed by atoms with Crippen LogP contribution in [0.5, 0.6) is 0 Å². The largest absolute Gasteiger partial charge is 0.416 e. The van der Waals surface area contributed by atoms with Crippen molar-refractivity contribution in [1.82, 2.24) is 4.57 Å². The lowest BCUT2D eigenvalue weighted by atomic mass is 10.1. The fraction of sp³-hybridized carbons (Fsp3) is 0.125. The molecule has 8 heteroatoms. The second-order valence-corrected chi connectivity index (χ2v) is 6.13. The minimum absolute atomic E-state index is 0.115. The van der Waals surface area contributed by atoms with Crippen LogP contribution in [-0.4, -0.2) is 10.5 Å². The first kappa shape index (κ1) is 16.3. The number of hydrogen-bond acceptors (Lipinski definition) is 3. The Hall–Kier alpha value is -2.61. The first-order valence-electron chi connectivity index (χ1n) is 6.84. The van der Waals surface area contributed by atoms with E-state index in [4.69, 9.17) is 0 Å². The predicted octanol–water partition coefficient (Wildman–Crippen LogP) is 3.87. The molecule has 0 saturated heterocycles. The Morgan fingerprint density at radius 2 is 1.79 bits per heavy atom. The fourth-order valence-electron chi connectivity index (χ4n) is 2.23. The van der Waals surface area contributed by atoms with Crippen LogP contribution in [-0.2, 0) is 13.2 Å². The average molecular weight is 352 g/mol. The van der Waals surface area contributed by atoms with Gasteiger partial charge in [0.25, 0.3) is 5.91 Å². The van der Waals surface area contributed by atoms with Crippen molar-refractivity contribution in [3.05, 3.63) is 63.3 Å². The number of nitrogens with zero attached hydrogens (tertiary/aromatic N) is 1. The Bertz CT molecular complexity index is 972. The lowest BCUT2D eigenvalue weighted by molar-refractivity contribution is -0.137. The number of nitrogens with one attached hydrogen (secondary N) is 1. The van der Waals surface area contributed by atoms with Crippen LogP contribution in [0.1, 0.15) is 15.9 Å². The number of aromatic nitrogens is 1. The van der Waals surface area contributed by atoms with Crippen molar-refractivity contribution < 1.29 is 18.0 Å². The molecule has 0 spiro atoms. The highest BCUT2D eigenvalue weighted by atomic mass is 32.1. The van der Waals surface area contributed by atoms with E-state index in [1.807, 2.05) is 0 Å². The molecule has 0 aliphatic rings. The van der Waals surface area contributed by atoms with Gasteiger partial charge < -0.3 is 9.88 Å². The van der Waals surface area contributed by atoms with Gasteiger partial charge in [0.2, 0.25) is 0 Å². The van der Waals surface area contributed by atoms with E-state index in [1.165, 1.54) is 4.57 Å². The first-order chi connectivity index (χ1) is 11.3. The van der Waals surface area contributed by atoms with Crippen LogP contribution in [0.2, 0.25) is 0 Å². The normalized spacial score (nSPS) is 11.7. The second-order valence-electron chi connectivity index (χ2n) is 5.14. The van der Waals surface area contributed by atoms with E-state index >= 15 is 0 Å². The van der Waals surface area contributed by atoms with Crippen LogP contribution in [0.4, 0.5) is 18.9 Å². The van der Waals surface area contributed by atoms with E-state index in [0.717, 1.165) is 41.1 Å². The van der Waals surface area contributed by atoms with E-state index in [-0.39, 0.29) is 10.4 Å². The molecule has 4 nitrogen and oxygen atoms in total. The van der Waals surface area contributed by atoms with Gasteiger partial charge in [-0.25, -0.2) is 0 Å². The van der Waals surface area contributed by atoms with Crippen molar-refractivity contribution in [2.75, 3.05) is 5.32 Å². The Morgan fingerprint density at radius 1 is 1.12 bits per heavy atom. The molecule has 1 N–H and O–H groups in total. The Kier molecular flexibility index (Phi) is 3.92. The van der Waals surface area contributed by atoms with Crippen LogP contribution in [0.3, 0.4) is 0 Å². The van der Waals surface area contributed by atoms with Crippen LogP contribution in [0.15, 0.2) is 47.3 Å². The molecule has 0 radical (unpaired) electrons. The van der Waals surface area contributed by atoms with Gasteiger partial charge in [0.05, 0.1) is 15.8 Å². The van der Waals surface area contributed by atoms with Gasteiger partial charge in [-0.3, -0.25) is 9.59 Å². The molecule has 1 heterocycles. The summed E-state index contributed by atoms with van der Waals surface area (Å²) in [5, 5.41) is 2.61. The van der Waals surface area contributed by atoms with Crippen LogP contribution < -0.4 is 10.2 Å². The zero-order valence-corrected chi connectivity index (χ0v) is 13.2. The highest BCUT2D eigenvalue weighted by Gasteiger charge is 2.30. The van der Waals surface area contributed by atoms with E-state index in [1.54, 1.807) is 25.2 Å². The van der Waals surface area contributed by atoms with Crippen molar-refractivity contribution in [3.8, 4) is 0 Å². The number of alkyl halides is 3. The minimum atomic E-state index is -4.44. The number of thiazole rings is 1. The number of hydrogen-bond donors (Lipinski definition) is 1. The molecule has 1 aromatic heterocycles. The van der Waals surface area contributed by atoms with E-state index < -0.39 is 17.6 Å². The lowest BCUT2D eigenvalue weighted by Gasteiger charge is -2.08. The third kappa shape index (κ3) is 3.05. The molecule has 2 aromatic carbocycles. The van der Waals surface area contributed by atoms with E-state index in [2.05, 4.69) is 5.32 Å². The summed E-state index contributed by atoms with van der Waals surface area (Å²) in [6, 6.07) is 8.97. The quantitative estimate of drug-likeness (QED) is 0.761. The Balaban J connectivity index is 1.83. The summed E-state index contributed by atoms with van der Waals surface area (Å²) in [5.41, 5.74) is 0.519. The predicted molar refractivity (Wildman–Crippen MR) is 86.5 cm³/mol. The molecule has 3 aromatic rings. The number of carbonyl (C=O) groups excluding carboxylic acids is 1. The standard InChI is InChI=1S/C16H11F3N2O2S/c1-21-12-7-6-11(8-13(12)24-15(21)23)20-14(22)9-2-4-10(5-3-9)16(17,18)19/h2-8H,1H3,(H,20,22). The van der Waals surface area contributed by atoms with Crippen molar-refractivity contribution in [2.45, 2.75) is 6.18 Å². The van der Waals surface area contributed by atoms with Crippen molar-refractivity contribution >= 4 is 33.1 Å². The molecule has 0 bridgehead atoms. The number of anilines is 1. The van der Waals surface area contributed by atoms with Gasteiger partial charge in [-0.2, -0.15) is 13.2 Å². The summed E-state index contributed by atoms with van der Waals surface area (Å²) < 4.78 is 39.8. The van der Waals surface area contributed by atoms with Gasteiger partial charge in [-0.15, -0.1) is 0 Å². The minimum Gasteiger partial charge on any atom is -0.322 e. The molecule has 3 rings (SSSR count). The summed E-state index contributed by atoms with van der Waals surface area (Å²) >= 11 is 1.05. The first-order valence-corrected chi connectivity index (χ1v) is 7.65. The molecule has 0 saturated carbocycles. The van der Waals surface area contributed by atoms with Gasteiger partial charge in [-0.05, 0) is 42.5 Å². The molecule has 0 aliphatic heterocycles. The zero-order chi connectivity index (χ0) is 17.5. The summed E-state index contributed by atoms with van der Waals surface area (Å²) in [6.45, 7) is 0. The number of rotatable bonds is 2. The van der Waals surface area contributed by atoms with Gasteiger partial charge in [0.1, 0.15) is 0 Å². The third-order valence-corrected chi connectivity index (χ3v) is 4.52. The zero-order valence-electron chi connectivity index (χ0n) is 12.3. The van der Waals surface area contributed by atoms with Crippen LogP contribution in [0.25, 0.3) is 10.2 Å². The molecule has 124 valence electrons. The van der Waals surface area contributed by atoms with Crippen LogP contribution in [0, 0.1) is 0 Å². The number of benzene rings is 2. The maximum Gasteiger partial charge on any atom is 0.416 e. The van der Waals surface area contributed by atoms with Crippen molar-refractivity contribution in [1.29, 1.82) is 0 Å². The third-order valence-electron chi connectivity index (χ3n) is 3.52. The molecule has 0 aliphatic carbocycles. The second kappa shape index (κ2) is 5.79. The highest BCUT2D eigenvalue weighted by molar-refractivity contribution is 7.16. The van der Waals surface area contributed by atoms with Gasteiger partial charge in [0.15, 0.2) is 0 Å². The Labute approximate surface area is 138 Å². The topological polar surface area (TPSA) is 51.1 Å². The molecule has 24 heavy (non-hydrogen) atoms. The molecular weight excluding hydrogens is 341 g/mol. The summed E-state index contributed by atoms with van der Waals surface area (Å²) in [4.78, 5) is 23.6. The number of fused-ring (bicyclic) bond motifs is 1. The van der Waals surface area contributed by atoms with Gasteiger partial charge in [-0.1, -0.05) is 11.3 Å². The van der Waals surface area contributed by atoms with E-state index in [9.17, 15) is 22.8 Å². The lowest BCUT2D eigenvalue weighted by Crippen LogP contribution is -2.12.